The molecular formula is C45H90O14. The third kappa shape index (κ3) is 55.0. The molecule has 59 heavy (non-hydrogen) atoms. The molecule has 0 bridgehead atoms. The predicted molar refractivity (Wildman–Crippen MR) is 231 cm³/mol. The Kier molecular flexibility index (Phi) is 54.1. The van der Waals surface area contributed by atoms with Crippen molar-refractivity contribution in [2.75, 3.05) is 165 Å². The summed E-state index contributed by atoms with van der Waals surface area (Å²) < 4.78 is 71.2. The number of carbonyl (C=O) groups is 1. The second-order valence-corrected chi connectivity index (χ2v) is 14.3. The Morgan fingerprint density at radius 2 is 0.441 bits per heavy atom. The van der Waals surface area contributed by atoms with Crippen LogP contribution in [0.4, 0.5) is 0 Å². The van der Waals surface area contributed by atoms with Gasteiger partial charge in [0.05, 0.1) is 152 Å². The van der Waals surface area contributed by atoms with E-state index in [4.69, 9.17) is 61.6 Å². The van der Waals surface area contributed by atoms with Crippen molar-refractivity contribution in [3.63, 3.8) is 0 Å². The Labute approximate surface area is 359 Å². The molecule has 0 saturated carbocycles. The minimum atomic E-state index is -0.132. The van der Waals surface area contributed by atoms with E-state index in [1.807, 2.05) is 0 Å². The predicted octanol–water partition coefficient (Wildman–Crippen LogP) is 7.40. The number of hydrogen-bond acceptors (Lipinski definition) is 14. The van der Waals surface area contributed by atoms with Crippen molar-refractivity contribution in [2.45, 2.75) is 123 Å². The van der Waals surface area contributed by atoms with Crippen LogP contribution in [0.1, 0.15) is 123 Å². The van der Waals surface area contributed by atoms with E-state index >= 15 is 0 Å². The lowest BCUT2D eigenvalue weighted by molar-refractivity contribution is -0.145. The molecule has 354 valence electrons. The normalized spacial score (nSPS) is 11.6. The summed E-state index contributed by atoms with van der Waals surface area (Å²) in [6.07, 6.45) is 20.9. The summed E-state index contributed by atoms with van der Waals surface area (Å²) in [5.74, 6) is -0.132. The van der Waals surface area contributed by atoms with Gasteiger partial charge in [-0.1, -0.05) is 104 Å². The summed E-state index contributed by atoms with van der Waals surface area (Å²) in [6, 6.07) is 0. The zero-order valence-electron chi connectivity index (χ0n) is 37.9. The molecule has 0 amide bonds. The second kappa shape index (κ2) is 55.0. The summed E-state index contributed by atoms with van der Waals surface area (Å²) in [7, 11) is 0. The molecule has 0 N–H and O–H groups in total. The summed E-state index contributed by atoms with van der Waals surface area (Å²) in [4.78, 5) is 11.9. The highest BCUT2D eigenvalue weighted by Crippen LogP contribution is 2.13. The van der Waals surface area contributed by atoms with Gasteiger partial charge in [0.15, 0.2) is 0 Å². The molecule has 0 unspecified atom stereocenters. The lowest BCUT2D eigenvalue weighted by Crippen LogP contribution is -2.15. The minimum Gasteiger partial charge on any atom is -0.463 e. The van der Waals surface area contributed by atoms with Crippen LogP contribution in [0.25, 0.3) is 0 Å². The fraction of sp³-hybridized carbons (Fsp3) is 0.978. The van der Waals surface area contributed by atoms with E-state index in [-0.39, 0.29) is 12.6 Å². The molecule has 0 atom stereocenters. The lowest BCUT2D eigenvalue weighted by Gasteiger charge is -2.09. The van der Waals surface area contributed by atoms with E-state index in [0.29, 0.717) is 158 Å². The van der Waals surface area contributed by atoms with Crippen molar-refractivity contribution in [3.05, 3.63) is 0 Å². The average molecular weight is 855 g/mol. The second-order valence-electron chi connectivity index (χ2n) is 14.3. The van der Waals surface area contributed by atoms with Gasteiger partial charge in [-0.25, -0.2) is 0 Å². The molecule has 0 aromatic heterocycles. The van der Waals surface area contributed by atoms with E-state index in [2.05, 4.69) is 13.8 Å². The molecule has 0 rings (SSSR count). The average Bonchev–Trinajstić information content (AvgIpc) is 3.24. The molecule has 0 aliphatic rings. The number of unbranched alkanes of at least 4 members (excludes halogenated alkanes) is 14. The van der Waals surface area contributed by atoms with Crippen LogP contribution in [0, 0.1) is 0 Å². The van der Waals surface area contributed by atoms with Crippen LogP contribution in [0.3, 0.4) is 0 Å². The highest BCUT2D eigenvalue weighted by atomic mass is 16.6. The van der Waals surface area contributed by atoms with Gasteiger partial charge in [-0.15, -0.1) is 0 Å². The summed E-state index contributed by atoms with van der Waals surface area (Å²) in [5, 5.41) is 0. The Hall–Kier alpha value is -1.01. The van der Waals surface area contributed by atoms with Crippen molar-refractivity contribution in [1.29, 1.82) is 0 Å². The Morgan fingerprint density at radius 1 is 0.237 bits per heavy atom. The van der Waals surface area contributed by atoms with Gasteiger partial charge >= 0.3 is 5.97 Å². The fourth-order valence-electron chi connectivity index (χ4n) is 5.55. The molecule has 0 heterocycles. The van der Waals surface area contributed by atoms with Gasteiger partial charge in [0.2, 0.25) is 0 Å². The van der Waals surface area contributed by atoms with E-state index < -0.39 is 0 Å². The number of esters is 1. The Balaban J connectivity index is 3.11. The van der Waals surface area contributed by atoms with Gasteiger partial charge in [0.1, 0.15) is 6.61 Å². The highest BCUT2D eigenvalue weighted by Gasteiger charge is 2.03. The smallest absolute Gasteiger partial charge is 0.305 e. The minimum absolute atomic E-state index is 0.132. The molecule has 0 fully saturated rings. The van der Waals surface area contributed by atoms with E-state index in [9.17, 15) is 4.79 Å². The van der Waals surface area contributed by atoms with Crippen LogP contribution in [0.5, 0.6) is 0 Å². The first kappa shape index (κ1) is 58.0. The maximum Gasteiger partial charge on any atom is 0.305 e. The number of ether oxygens (including phenoxy) is 13. The number of hydrogen-bond donors (Lipinski definition) is 0. The Bertz CT molecular complexity index is 766. The summed E-state index contributed by atoms with van der Waals surface area (Å²) in [5.41, 5.74) is 0. The molecule has 0 aliphatic carbocycles. The molecule has 0 aliphatic heterocycles. The first-order chi connectivity index (χ1) is 29.3. The maximum absolute atomic E-state index is 11.9. The van der Waals surface area contributed by atoms with Crippen LogP contribution >= 0.6 is 0 Å². The van der Waals surface area contributed by atoms with Gasteiger partial charge in [-0.3, -0.25) is 4.79 Å². The Morgan fingerprint density at radius 3 is 0.712 bits per heavy atom. The molecule has 0 radical (unpaired) electrons. The molecule has 0 aromatic carbocycles. The molecule has 0 aromatic rings. The van der Waals surface area contributed by atoms with Crippen LogP contribution in [0.15, 0.2) is 0 Å². The molecule has 0 spiro atoms. The van der Waals surface area contributed by atoms with Crippen molar-refractivity contribution in [3.8, 4) is 0 Å². The molecule has 0 saturated heterocycles. The first-order valence-electron chi connectivity index (χ1n) is 23.4. The zero-order chi connectivity index (χ0) is 42.5. The largest absolute Gasteiger partial charge is 0.463 e. The molecule has 14 heteroatoms. The van der Waals surface area contributed by atoms with Crippen LogP contribution in [0.2, 0.25) is 0 Å². The van der Waals surface area contributed by atoms with Crippen LogP contribution in [-0.4, -0.2) is 171 Å². The SMILES string of the molecule is CCCCCCCCCCCCCCCC(=O)OCCOCCOCCOCCOCCOCCOCCOCCOCCOCCOCCOCCOCCCCC. The third-order valence-corrected chi connectivity index (χ3v) is 8.96. The van der Waals surface area contributed by atoms with Crippen molar-refractivity contribution in [2.24, 2.45) is 0 Å². The monoisotopic (exact) mass is 855 g/mol. The quantitative estimate of drug-likeness (QED) is 0.0444. The van der Waals surface area contributed by atoms with Crippen molar-refractivity contribution < 1.29 is 66.4 Å². The maximum atomic E-state index is 11.9. The first-order valence-corrected chi connectivity index (χ1v) is 23.4. The number of rotatable bonds is 54. The van der Waals surface area contributed by atoms with E-state index in [1.165, 1.54) is 83.5 Å². The van der Waals surface area contributed by atoms with Crippen molar-refractivity contribution >= 4 is 5.97 Å². The van der Waals surface area contributed by atoms with Gasteiger partial charge in [-0.05, 0) is 12.8 Å². The topological polar surface area (TPSA) is 137 Å². The summed E-state index contributed by atoms with van der Waals surface area (Å²) >= 11 is 0. The lowest BCUT2D eigenvalue weighted by atomic mass is 10.0. The van der Waals surface area contributed by atoms with Gasteiger partial charge < -0.3 is 61.6 Å². The van der Waals surface area contributed by atoms with Gasteiger partial charge in [0, 0.05) is 13.0 Å². The van der Waals surface area contributed by atoms with Gasteiger partial charge in [0.25, 0.3) is 0 Å². The summed E-state index contributed by atoms with van der Waals surface area (Å²) in [6.45, 7) is 17.3. The van der Waals surface area contributed by atoms with Crippen LogP contribution < -0.4 is 0 Å². The number of carbonyl (C=O) groups excluding carboxylic acids is 1. The van der Waals surface area contributed by atoms with Crippen LogP contribution in [-0.2, 0) is 66.4 Å². The third-order valence-electron chi connectivity index (χ3n) is 8.96. The fourth-order valence-corrected chi connectivity index (χ4v) is 5.55. The zero-order valence-corrected chi connectivity index (χ0v) is 37.9. The standard InChI is InChI=1S/C45H90O14/c1-3-5-7-8-9-10-11-12-13-14-15-16-17-19-45(46)59-44-43-58-42-41-57-40-39-56-38-37-55-36-35-54-34-33-53-32-31-52-30-29-51-28-27-50-26-25-49-24-23-48-22-21-47-20-18-6-4-2/h3-44H2,1-2H3. The highest BCUT2D eigenvalue weighted by molar-refractivity contribution is 5.69. The van der Waals surface area contributed by atoms with E-state index in [0.717, 1.165) is 25.9 Å². The van der Waals surface area contributed by atoms with Crippen molar-refractivity contribution in [1.82, 2.24) is 0 Å². The molecular weight excluding hydrogens is 764 g/mol. The van der Waals surface area contributed by atoms with E-state index in [1.54, 1.807) is 0 Å². The molecule has 14 nitrogen and oxygen atoms in total. The van der Waals surface area contributed by atoms with Gasteiger partial charge in [-0.2, -0.15) is 0 Å².